The summed E-state index contributed by atoms with van der Waals surface area (Å²) in [7, 11) is -3.54. The normalized spacial score (nSPS) is 17.9. The molecular weight excluding hydrogens is 316 g/mol. The number of carbonyl (C=O) groups excluding carboxylic acids is 1. The number of hydrogen-bond donors (Lipinski definition) is 1. The van der Waals surface area contributed by atoms with Crippen LogP contribution in [-0.2, 0) is 26.0 Å². The molecule has 0 saturated carbocycles. The summed E-state index contributed by atoms with van der Waals surface area (Å²) in [5.41, 5.74) is 1.45. The number of sulfonamides is 1. The van der Waals surface area contributed by atoms with Gasteiger partial charge in [-0.2, -0.15) is 0 Å². The van der Waals surface area contributed by atoms with E-state index in [4.69, 9.17) is 4.74 Å². The minimum atomic E-state index is -3.54. The molecule has 1 saturated heterocycles. The van der Waals surface area contributed by atoms with Crippen LogP contribution in [0, 0.1) is 0 Å². The third-order valence-corrected chi connectivity index (χ3v) is 5.01. The minimum Gasteiger partial charge on any atom is -0.376 e. The van der Waals surface area contributed by atoms with Crippen molar-refractivity contribution in [2.24, 2.45) is 0 Å². The first-order chi connectivity index (χ1) is 10.9. The van der Waals surface area contributed by atoms with Crippen LogP contribution < -0.4 is 9.62 Å². The van der Waals surface area contributed by atoms with Gasteiger partial charge in [0, 0.05) is 13.2 Å². The molecule has 0 unspecified atom stereocenters. The molecule has 0 aromatic heterocycles. The van der Waals surface area contributed by atoms with Gasteiger partial charge in [-0.15, -0.1) is 0 Å². The second kappa shape index (κ2) is 7.79. The average molecular weight is 340 g/mol. The number of amides is 1. The van der Waals surface area contributed by atoms with Crippen LogP contribution in [0.4, 0.5) is 5.69 Å². The largest absolute Gasteiger partial charge is 0.376 e. The summed E-state index contributed by atoms with van der Waals surface area (Å²) < 4.78 is 30.8. The van der Waals surface area contributed by atoms with Crippen molar-refractivity contribution in [3.8, 4) is 0 Å². The fourth-order valence-electron chi connectivity index (χ4n) is 2.65. The Kier molecular flexibility index (Phi) is 6.01. The lowest BCUT2D eigenvalue weighted by atomic mass is 10.1. The van der Waals surface area contributed by atoms with Crippen LogP contribution in [0.2, 0.25) is 0 Å². The lowest BCUT2D eigenvalue weighted by Crippen LogP contribution is -2.42. The Bertz CT molecular complexity index is 639. The Morgan fingerprint density at radius 2 is 2.13 bits per heavy atom. The quantitative estimate of drug-likeness (QED) is 0.812. The number of nitrogens with zero attached hydrogens (tertiary/aromatic N) is 1. The van der Waals surface area contributed by atoms with Crippen LogP contribution in [0.5, 0.6) is 0 Å². The van der Waals surface area contributed by atoms with E-state index in [1.54, 1.807) is 12.1 Å². The molecule has 0 aliphatic carbocycles. The molecule has 1 amide bonds. The van der Waals surface area contributed by atoms with Gasteiger partial charge in [-0.3, -0.25) is 9.10 Å². The van der Waals surface area contributed by atoms with Crippen LogP contribution in [0.25, 0.3) is 0 Å². The van der Waals surface area contributed by atoms with E-state index in [9.17, 15) is 13.2 Å². The number of hydrogen-bond acceptors (Lipinski definition) is 4. The molecule has 128 valence electrons. The van der Waals surface area contributed by atoms with Crippen molar-refractivity contribution < 1.29 is 17.9 Å². The van der Waals surface area contributed by atoms with Crippen LogP contribution in [0.1, 0.15) is 25.3 Å². The van der Waals surface area contributed by atoms with Gasteiger partial charge in [0.15, 0.2) is 0 Å². The van der Waals surface area contributed by atoms with Gasteiger partial charge in [-0.25, -0.2) is 8.42 Å². The highest BCUT2D eigenvalue weighted by Gasteiger charge is 2.23. The van der Waals surface area contributed by atoms with Crippen LogP contribution in [-0.4, -0.2) is 46.4 Å². The van der Waals surface area contributed by atoms with E-state index in [1.165, 1.54) is 0 Å². The van der Waals surface area contributed by atoms with E-state index in [0.29, 0.717) is 18.7 Å². The predicted molar refractivity (Wildman–Crippen MR) is 90.0 cm³/mol. The van der Waals surface area contributed by atoms with Crippen molar-refractivity contribution in [2.45, 2.75) is 32.3 Å². The van der Waals surface area contributed by atoms with Crippen molar-refractivity contribution in [3.63, 3.8) is 0 Å². The molecule has 6 nitrogen and oxygen atoms in total. The molecule has 7 heteroatoms. The summed E-state index contributed by atoms with van der Waals surface area (Å²) in [6.07, 6.45) is 3.77. The van der Waals surface area contributed by atoms with Crippen molar-refractivity contribution in [3.05, 3.63) is 29.8 Å². The van der Waals surface area contributed by atoms with Crippen LogP contribution in [0.15, 0.2) is 24.3 Å². The van der Waals surface area contributed by atoms with Gasteiger partial charge in [0.05, 0.1) is 18.0 Å². The Morgan fingerprint density at radius 3 is 2.74 bits per heavy atom. The van der Waals surface area contributed by atoms with Gasteiger partial charge in [0.25, 0.3) is 0 Å². The zero-order valence-electron chi connectivity index (χ0n) is 13.6. The first-order valence-electron chi connectivity index (χ1n) is 7.85. The molecule has 1 fully saturated rings. The number of anilines is 1. The van der Waals surface area contributed by atoms with Gasteiger partial charge < -0.3 is 10.1 Å². The van der Waals surface area contributed by atoms with Crippen molar-refractivity contribution >= 4 is 21.6 Å². The summed E-state index contributed by atoms with van der Waals surface area (Å²) in [6.45, 7) is 2.88. The standard InChI is InChI=1S/C16H24N2O4S/c1-3-13-7-4-5-9-15(13)18(23(2,20)21)12-16(19)17-11-14-8-6-10-22-14/h4-5,7,9,14H,3,6,8,10-12H2,1-2H3,(H,17,19)/t14-/m0/s1. The lowest BCUT2D eigenvalue weighted by molar-refractivity contribution is -0.120. The van der Waals surface area contributed by atoms with Crippen molar-refractivity contribution in [1.29, 1.82) is 0 Å². The van der Waals surface area contributed by atoms with Crippen molar-refractivity contribution in [1.82, 2.24) is 5.32 Å². The molecule has 1 atom stereocenters. The first kappa shape index (κ1) is 17.7. The smallest absolute Gasteiger partial charge is 0.240 e. The van der Waals surface area contributed by atoms with Gasteiger partial charge in [0.1, 0.15) is 6.54 Å². The Labute approximate surface area is 137 Å². The summed E-state index contributed by atoms with van der Waals surface area (Å²) >= 11 is 0. The Balaban J connectivity index is 2.08. The lowest BCUT2D eigenvalue weighted by Gasteiger charge is -2.24. The van der Waals surface area contributed by atoms with E-state index in [1.807, 2.05) is 19.1 Å². The summed E-state index contributed by atoms with van der Waals surface area (Å²) in [5.74, 6) is -0.322. The highest BCUT2D eigenvalue weighted by Crippen LogP contribution is 2.23. The van der Waals surface area contributed by atoms with Crippen molar-refractivity contribution in [2.75, 3.05) is 30.3 Å². The number of para-hydroxylation sites is 1. The van der Waals surface area contributed by atoms with Gasteiger partial charge >= 0.3 is 0 Å². The van der Waals surface area contributed by atoms with E-state index in [-0.39, 0.29) is 18.6 Å². The maximum Gasteiger partial charge on any atom is 0.240 e. The molecular formula is C16H24N2O4S. The van der Waals surface area contributed by atoms with Gasteiger partial charge in [-0.05, 0) is 30.9 Å². The minimum absolute atomic E-state index is 0.0357. The van der Waals surface area contributed by atoms with Gasteiger partial charge in [0.2, 0.25) is 15.9 Å². The number of rotatable bonds is 7. The van der Waals surface area contributed by atoms with E-state index >= 15 is 0 Å². The molecule has 1 aliphatic heterocycles. The summed E-state index contributed by atoms with van der Waals surface area (Å²) in [6, 6.07) is 7.24. The zero-order valence-corrected chi connectivity index (χ0v) is 14.4. The Hall–Kier alpha value is -1.60. The second-order valence-corrected chi connectivity index (χ2v) is 7.60. The first-order valence-corrected chi connectivity index (χ1v) is 9.70. The van der Waals surface area contributed by atoms with E-state index < -0.39 is 10.0 Å². The van der Waals surface area contributed by atoms with Crippen LogP contribution >= 0.6 is 0 Å². The summed E-state index contributed by atoms with van der Waals surface area (Å²) in [4.78, 5) is 12.2. The molecule has 0 radical (unpaired) electrons. The predicted octanol–water partition coefficient (Wildman–Crippen LogP) is 1.31. The summed E-state index contributed by atoms with van der Waals surface area (Å²) in [5, 5.41) is 2.76. The fraction of sp³-hybridized carbons (Fsp3) is 0.562. The molecule has 23 heavy (non-hydrogen) atoms. The zero-order chi connectivity index (χ0) is 16.9. The number of aryl methyl sites for hydroxylation is 1. The fourth-order valence-corrected chi connectivity index (χ4v) is 3.54. The van der Waals surface area contributed by atoms with Gasteiger partial charge in [-0.1, -0.05) is 25.1 Å². The number of nitrogens with one attached hydrogen (secondary N) is 1. The highest BCUT2D eigenvalue weighted by molar-refractivity contribution is 7.92. The molecule has 0 bridgehead atoms. The monoisotopic (exact) mass is 340 g/mol. The molecule has 1 aromatic rings. The average Bonchev–Trinajstić information content (AvgIpc) is 3.03. The Morgan fingerprint density at radius 1 is 1.39 bits per heavy atom. The second-order valence-electron chi connectivity index (χ2n) is 5.69. The van der Waals surface area contributed by atoms with E-state index in [0.717, 1.165) is 35.6 Å². The molecule has 2 rings (SSSR count). The number of benzene rings is 1. The third-order valence-electron chi connectivity index (χ3n) is 3.88. The topological polar surface area (TPSA) is 75.7 Å². The molecule has 1 aliphatic rings. The number of ether oxygens (including phenoxy) is 1. The molecule has 1 N–H and O–H groups in total. The third kappa shape index (κ3) is 4.94. The molecule has 1 heterocycles. The molecule has 1 aromatic carbocycles. The molecule has 0 spiro atoms. The SMILES string of the molecule is CCc1ccccc1N(CC(=O)NC[C@@H]1CCCO1)S(C)(=O)=O. The number of carbonyl (C=O) groups is 1. The highest BCUT2D eigenvalue weighted by atomic mass is 32.2. The maximum absolute atomic E-state index is 12.2. The van der Waals surface area contributed by atoms with E-state index in [2.05, 4.69) is 5.32 Å². The van der Waals surface area contributed by atoms with Crippen LogP contribution in [0.3, 0.4) is 0 Å². The maximum atomic E-state index is 12.2.